The van der Waals surface area contributed by atoms with E-state index >= 15 is 0 Å². The molecule has 1 aromatic heterocycles. The molecule has 0 amide bonds. The Morgan fingerprint density at radius 1 is 1.35 bits per heavy atom. The molecule has 0 saturated heterocycles. The van der Waals surface area contributed by atoms with Gasteiger partial charge in [0.05, 0.1) is 4.92 Å². The fraction of sp³-hybridized carbons (Fsp3) is 0.0769. The number of rotatable bonds is 4. The van der Waals surface area contributed by atoms with Gasteiger partial charge in [0.25, 0.3) is 0 Å². The summed E-state index contributed by atoms with van der Waals surface area (Å²) in [4.78, 5) is 25.0. The van der Waals surface area contributed by atoms with Gasteiger partial charge in [-0.25, -0.2) is 9.37 Å². The monoisotopic (exact) mass is 276 g/mol. The van der Waals surface area contributed by atoms with E-state index in [1.807, 2.05) is 0 Å². The molecule has 0 aliphatic carbocycles. The molecule has 0 bridgehead atoms. The van der Waals surface area contributed by atoms with Crippen molar-refractivity contribution in [1.29, 1.82) is 0 Å². The molecule has 0 atom stereocenters. The van der Waals surface area contributed by atoms with Crippen LogP contribution in [0.2, 0.25) is 0 Å². The van der Waals surface area contributed by atoms with Crippen LogP contribution in [0, 0.1) is 15.9 Å². The normalized spacial score (nSPS) is 10.1. The summed E-state index contributed by atoms with van der Waals surface area (Å²) in [7, 11) is 0. The molecule has 2 rings (SSSR count). The smallest absolute Gasteiger partial charge is 0.311 e. The largest absolute Gasteiger partial charge is 0.432 e. The molecule has 0 aliphatic heterocycles. The summed E-state index contributed by atoms with van der Waals surface area (Å²) in [5.41, 5.74) is 0.00920. The summed E-state index contributed by atoms with van der Waals surface area (Å²) in [6.45, 7) is 1.38. The van der Waals surface area contributed by atoms with Crippen LogP contribution in [-0.4, -0.2) is 15.7 Å². The number of nitrogens with zero attached hydrogens (tertiary/aromatic N) is 2. The highest BCUT2D eigenvalue weighted by atomic mass is 19.1. The van der Waals surface area contributed by atoms with E-state index in [1.165, 1.54) is 25.3 Å². The van der Waals surface area contributed by atoms with Crippen molar-refractivity contribution in [2.45, 2.75) is 6.92 Å². The SMILES string of the molecule is CC(=O)c1ccc(Oc2cc(F)ccc2[N+](=O)[O-])nc1. The van der Waals surface area contributed by atoms with Crippen molar-refractivity contribution in [2.24, 2.45) is 0 Å². The minimum Gasteiger partial charge on any atom is -0.432 e. The zero-order valence-electron chi connectivity index (χ0n) is 10.4. The van der Waals surface area contributed by atoms with E-state index in [4.69, 9.17) is 4.74 Å². The molecule has 7 heteroatoms. The Hall–Kier alpha value is -2.83. The predicted octanol–water partition coefficient (Wildman–Crippen LogP) is 3.12. The van der Waals surface area contributed by atoms with Crippen molar-refractivity contribution >= 4 is 11.5 Å². The first kappa shape index (κ1) is 13.6. The number of hydrogen-bond donors (Lipinski definition) is 0. The van der Waals surface area contributed by atoms with E-state index in [9.17, 15) is 19.3 Å². The number of ether oxygens (including phenoxy) is 1. The summed E-state index contributed by atoms with van der Waals surface area (Å²) in [5, 5.41) is 10.8. The molecular weight excluding hydrogens is 267 g/mol. The van der Waals surface area contributed by atoms with Crippen molar-refractivity contribution in [1.82, 2.24) is 4.98 Å². The summed E-state index contributed by atoms with van der Waals surface area (Å²) in [6, 6.07) is 5.73. The fourth-order valence-electron chi connectivity index (χ4n) is 1.48. The van der Waals surface area contributed by atoms with E-state index in [2.05, 4.69) is 4.98 Å². The maximum atomic E-state index is 13.1. The summed E-state index contributed by atoms with van der Waals surface area (Å²) in [6.07, 6.45) is 1.28. The van der Waals surface area contributed by atoms with E-state index < -0.39 is 10.7 Å². The summed E-state index contributed by atoms with van der Waals surface area (Å²) in [5.74, 6) is -1.05. The van der Waals surface area contributed by atoms with Crippen LogP contribution >= 0.6 is 0 Å². The van der Waals surface area contributed by atoms with Crippen molar-refractivity contribution in [3.05, 3.63) is 58.0 Å². The average molecular weight is 276 g/mol. The zero-order valence-corrected chi connectivity index (χ0v) is 10.4. The number of Topliss-reactive ketones (excluding diaryl/α,β-unsaturated/α-hetero) is 1. The third kappa shape index (κ3) is 2.94. The van der Waals surface area contributed by atoms with E-state index in [0.717, 1.165) is 18.2 Å². The van der Waals surface area contributed by atoms with Crippen LogP contribution in [0.25, 0.3) is 0 Å². The van der Waals surface area contributed by atoms with Crippen LogP contribution in [-0.2, 0) is 0 Å². The highest BCUT2D eigenvalue weighted by molar-refractivity contribution is 5.93. The lowest BCUT2D eigenvalue weighted by molar-refractivity contribution is -0.385. The van der Waals surface area contributed by atoms with E-state index in [1.54, 1.807) is 0 Å². The third-order valence-electron chi connectivity index (χ3n) is 2.48. The Kier molecular flexibility index (Phi) is 3.69. The topological polar surface area (TPSA) is 82.3 Å². The molecule has 0 radical (unpaired) electrons. The van der Waals surface area contributed by atoms with Gasteiger partial charge in [0.15, 0.2) is 5.78 Å². The number of ketones is 1. The number of aromatic nitrogens is 1. The lowest BCUT2D eigenvalue weighted by Crippen LogP contribution is -1.97. The van der Waals surface area contributed by atoms with Gasteiger partial charge in [-0.05, 0) is 19.1 Å². The minimum absolute atomic E-state index is 0.0312. The lowest BCUT2D eigenvalue weighted by atomic mass is 10.2. The van der Waals surface area contributed by atoms with Crippen molar-refractivity contribution in [2.75, 3.05) is 0 Å². The van der Waals surface area contributed by atoms with Crippen LogP contribution in [0.3, 0.4) is 0 Å². The molecule has 0 N–H and O–H groups in total. The minimum atomic E-state index is -0.682. The number of benzene rings is 1. The highest BCUT2D eigenvalue weighted by Crippen LogP contribution is 2.31. The number of carbonyl (C=O) groups is 1. The molecule has 0 fully saturated rings. The quantitative estimate of drug-likeness (QED) is 0.486. The van der Waals surface area contributed by atoms with Crippen LogP contribution in [0.15, 0.2) is 36.5 Å². The van der Waals surface area contributed by atoms with Gasteiger partial charge in [-0.15, -0.1) is 0 Å². The molecule has 20 heavy (non-hydrogen) atoms. The molecule has 0 aliphatic rings. The molecule has 1 aromatic carbocycles. The fourth-order valence-corrected chi connectivity index (χ4v) is 1.48. The standard InChI is InChI=1S/C13H9FN2O4/c1-8(17)9-2-5-13(15-7-9)20-12-6-10(14)3-4-11(12)16(18)19/h2-7H,1H3. The predicted molar refractivity (Wildman–Crippen MR) is 67.4 cm³/mol. The van der Waals surface area contributed by atoms with Crippen molar-refractivity contribution in [3.8, 4) is 11.6 Å². The van der Waals surface area contributed by atoms with E-state index in [-0.39, 0.29) is 23.1 Å². The Balaban J connectivity index is 2.31. The molecule has 0 saturated carbocycles. The van der Waals surface area contributed by atoms with Gasteiger partial charge in [-0.3, -0.25) is 14.9 Å². The van der Waals surface area contributed by atoms with Gasteiger partial charge < -0.3 is 4.74 Å². The van der Waals surface area contributed by atoms with E-state index in [0.29, 0.717) is 5.56 Å². The van der Waals surface area contributed by atoms with Crippen molar-refractivity contribution in [3.63, 3.8) is 0 Å². The number of pyridine rings is 1. The Bertz CT molecular complexity index is 671. The van der Waals surface area contributed by atoms with Gasteiger partial charge in [0.1, 0.15) is 5.82 Å². The first-order valence-corrected chi connectivity index (χ1v) is 5.56. The number of nitro benzene ring substituents is 1. The number of nitro groups is 1. The summed E-state index contributed by atoms with van der Waals surface area (Å²) < 4.78 is 18.3. The Labute approximate surface area is 113 Å². The molecule has 2 aromatic rings. The van der Waals surface area contributed by atoms with Gasteiger partial charge in [0.2, 0.25) is 11.6 Å². The van der Waals surface area contributed by atoms with Crippen LogP contribution in [0.4, 0.5) is 10.1 Å². The van der Waals surface area contributed by atoms with Crippen LogP contribution in [0.5, 0.6) is 11.6 Å². The van der Waals surface area contributed by atoms with Gasteiger partial charge >= 0.3 is 5.69 Å². The highest BCUT2D eigenvalue weighted by Gasteiger charge is 2.17. The second kappa shape index (κ2) is 5.43. The first-order valence-electron chi connectivity index (χ1n) is 5.56. The number of carbonyl (C=O) groups excluding carboxylic acids is 1. The molecule has 0 spiro atoms. The lowest BCUT2D eigenvalue weighted by Gasteiger charge is -2.05. The third-order valence-corrected chi connectivity index (χ3v) is 2.48. The Morgan fingerprint density at radius 3 is 2.65 bits per heavy atom. The second-order valence-corrected chi connectivity index (χ2v) is 3.91. The molecule has 0 unspecified atom stereocenters. The maximum Gasteiger partial charge on any atom is 0.311 e. The van der Waals surface area contributed by atoms with Gasteiger partial charge in [0, 0.05) is 30.0 Å². The summed E-state index contributed by atoms with van der Waals surface area (Å²) >= 11 is 0. The Morgan fingerprint density at radius 2 is 2.10 bits per heavy atom. The number of halogens is 1. The zero-order chi connectivity index (χ0) is 14.7. The maximum absolute atomic E-state index is 13.1. The van der Waals surface area contributed by atoms with Crippen molar-refractivity contribution < 1.29 is 18.8 Å². The first-order chi connectivity index (χ1) is 9.47. The molecule has 102 valence electrons. The molecular formula is C13H9FN2O4. The second-order valence-electron chi connectivity index (χ2n) is 3.91. The van der Waals surface area contributed by atoms with Crippen LogP contribution < -0.4 is 4.74 Å². The molecule has 1 heterocycles. The van der Waals surface area contributed by atoms with Gasteiger partial charge in [-0.1, -0.05) is 0 Å². The van der Waals surface area contributed by atoms with Gasteiger partial charge in [-0.2, -0.15) is 0 Å². The van der Waals surface area contributed by atoms with Crippen LogP contribution in [0.1, 0.15) is 17.3 Å². The molecule has 6 nitrogen and oxygen atoms in total. The average Bonchev–Trinajstić information content (AvgIpc) is 2.39. The number of hydrogen-bond acceptors (Lipinski definition) is 5.